The maximum absolute atomic E-state index is 12.3. The predicted molar refractivity (Wildman–Crippen MR) is 131 cm³/mol. The van der Waals surface area contributed by atoms with Gasteiger partial charge in [-0.2, -0.15) is 0 Å². The first-order valence-corrected chi connectivity index (χ1v) is 12.0. The molecular formula is C22H28N6O8S. The highest BCUT2D eigenvalue weighted by Gasteiger charge is 2.64. The second-order valence-electron chi connectivity index (χ2n) is 8.95. The Morgan fingerprint density at radius 2 is 1.95 bits per heavy atom. The normalized spacial score (nSPS) is 22.2. The van der Waals surface area contributed by atoms with Gasteiger partial charge in [0.25, 0.3) is 0 Å². The number of phenols is 1. The number of aryl methyl sites for hydroxylation is 1. The van der Waals surface area contributed by atoms with Crippen molar-refractivity contribution in [1.82, 2.24) is 19.8 Å². The number of carboxylic acid groups (broad SMARTS) is 1. The number of carboxylic acids is 1. The van der Waals surface area contributed by atoms with Crippen molar-refractivity contribution in [2.45, 2.75) is 55.6 Å². The first-order valence-electron chi connectivity index (χ1n) is 11.1. The van der Waals surface area contributed by atoms with Crippen molar-refractivity contribution < 1.29 is 34.6 Å². The summed E-state index contributed by atoms with van der Waals surface area (Å²) in [6.07, 6.45) is 1.19. The number of nitrogens with two attached hydrogens (primary N) is 1. The molecule has 15 heteroatoms. The van der Waals surface area contributed by atoms with Crippen LogP contribution in [0.4, 0.5) is 5.82 Å². The molecule has 4 rings (SSSR count). The predicted octanol–water partition coefficient (Wildman–Crippen LogP) is 0.116. The Hall–Kier alpha value is -3.69. The molecule has 0 bridgehead atoms. The number of aliphatic carboxylic acids is 1. The Kier molecular flexibility index (Phi) is 8.09. The number of aliphatic hydroxyl groups is 1. The highest BCUT2D eigenvalue weighted by molar-refractivity contribution is 8.01. The molecule has 2 aliphatic rings. The van der Waals surface area contributed by atoms with Gasteiger partial charge in [0.15, 0.2) is 5.82 Å². The first-order chi connectivity index (χ1) is 17.3. The van der Waals surface area contributed by atoms with Crippen LogP contribution in [0.25, 0.3) is 0 Å². The lowest BCUT2D eigenvalue weighted by molar-refractivity contribution is -0.392. The van der Waals surface area contributed by atoms with Gasteiger partial charge >= 0.3 is 11.8 Å². The zero-order valence-electron chi connectivity index (χ0n) is 20.3. The Morgan fingerprint density at radius 1 is 1.32 bits per heavy atom. The quantitative estimate of drug-likeness (QED) is 0.182. The molecule has 1 aromatic carbocycles. The number of aliphatic hydroxyl groups excluding tert-OH is 1. The molecule has 200 valence electrons. The van der Waals surface area contributed by atoms with E-state index in [1.807, 2.05) is 0 Å². The number of rotatable bonds is 7. The fourth-order valence-corrected chi connectivity index (χ4v) is 5.83. The molecule has 2 fully saturated rings. The summed E-state index contributed by atoms with van der Waals surface area (Å²) < 4.78 is 0.713. The standard InChI is InChI=1S/C16H19N3O5S.C6H9N3O3/c1-16(2)11(15(23)24)19-13(22)10(14(19)25-16)18-12(21)9(17)7-3-5-8(20)6-4-7;1-5-7-4-6(9(11)12)8(5)2-3-10/h3-6,9-11,14,20H,17H2,1-2H3,(H,18,21)(H,23,24);4,10H,2-3H2,1H3/t9-,10-,11+,14-;/m1./s1. The number of nitrogens with one attached hydrogen (secondary N) is 1. The zero-order valence-corrected chi connectivity index (χ0v) is 21.1. The first kappa shape index (κ1) is 27.9. The van der Waals surface area contributed by atoms with E-state index in [0.29, 0.717) is 11.4 Å². The van der Waals surface area contributed by atoms with E-state index < -0.39 is 51.0 Å². The minimum atomic E-state index is -1.06. The molecule has 1 aromatic heterocycles. The molecule has 2 amide bonds. The van der Waals surface area contributed by atoms with Gasteiger partial charge in [0, 0.05) is 11.7 Å². The molecule has 6 N–H and O–H groups in total. The number of carbonyl (C=O) groups excluding carboxylic acids is 2. The second-order valence-corrected chi connectivity index (χ2v) is 10.7. The number of nitro groups is 1. The van der Waals surface area contributed by atoms with Crippen LogP contribution in [0, 0.1) is 17.0 Å². The summed E-state index contributed by atoms with van der Waals surface area (Å²) in [7, 11) is 0. The van der Waals surface area contributed by atoms with E-state index in [9.17, 15) is 34.7 Å². The number of nitrogens with zero attached hydrogens (tertiary/aromatic N) is 4. The maximum atomic E-state index is 12.3. The number of benzene rings is 1. The van der Waals surface area contributed by atoms with Gasteiger partial charge in [-0.15, -0.1) is 11.8 Å². The van der Waals surface area contributed by atoms with Gasteiger partial charge in [-0.25, -0.2) is 14.3 Å². The molecule has 0 saturated carbocycles. The lowest BCUT2D eigenvalue weighted by atomic mass is 9.95. The van der Waals surface area contributed by atoms with Crippen LogP contribution in [-0.2, 0) is 20.9 Å². The smallest absolute Gasteiger partial charge is 0.342 e. The summed E-state index contributed by atoms with van der Waals surface area (Å²) in [5, 5.41) is 39.8. The van der Waals surface area contributed by atoms with E-state index >= 15 is 0 Å². The van der Waals surface area contributed by atoms with E-state index in [-0.39, 0.29) is 24.7 Å². The highest BCUT2D eigenvalue weighted by atomic mass is 32.2. The van der Waals surface area contributed by atoms with Gasteiger partial charge in [-0.05, 0) is 36.5 Å². The summed E-state index contributed by atoms with van der Waals surface area (Å²) in [6, 6.07) is 3.21. The van der Waals surface area contributed by atoms with E-state index in [4.69, 9.17) is 10.8 Å². The average Bonchev–Trinajstić information content (AvgIpc) is 3.32. The minimum absolute atomic E-state index is 0.0606. The van der Waals surface area contributed by atoms with Crippen molar-refractivity contribution >= 4 is 35.4 Å². The molecule has 0 spiro atoms. The van der Waals surface area contributed by atoms with Gasteiger partial charge in [0.2, 0.25) is 11.8 Å². The Bertz CT molecular complexity index is 1200. The lowest BCUT2D eigenvalue weighted by Gasteiger charge is -2.43. The van der Waals surface area contributed by atoms with E-state index in [1.165, 1.54) is 51.7 Å². The number of aromatic nitrogens is 2. The Balaban J connectivity index is 0.000000266. The molecule has 2 saturated heterocycles. The molecule has 3 heterocycles. The number of β-lactam (4-membered cyclic amide) rings is 1. The third-order valence-corrected chi connectivity index (χ3v) is 7.62. The molecule has 14 nitrogen and oxygen atoms in total. The van der Waals surface area contributed by atoms with Crippen molar-refractivity contribution in [2.24, 2.45) is 5.73 Å². The summed E-state index contributed by atoms with van der Waals surface area (Å²) in [4.78, 5) is 51.1. The largest absolute Gasteiger partial charge is 0.508 e. The summed E-state index contributed by atoms with van der Waals surface area (Å²) in [6.45, 7) is 5.27. The lowest BCUT2D eigenvalue weighted by Crippen LogP contribution is -2.71. The van der Waals surface area contributed by atoms with Gasteiger partial charge in [-0.3, -0.25) is 9.59 Å². The topological polar surface area (TPSA) is 214 Å². The highest BCUT2D eigenvalue weighted by Crippen LogP contribution is 2.50. The summed E-state index contributed by atoms with van der Waals surface area (Å²) in [5.41, 5.74) is 6.41. The number of hydrogen-bond acceptors (Lipinski definition) is 10. The maximum Gasteiger partial charge on any atom is 0.342 e. The van der Waals surface area contributed by atoms with Crippen molar-refractivity contribution in [3.8, 4) is 5.75 Å². The number of aromatic hydroxyl groups is 1. The molecule has 2 aromatic rings. The van der Waals surface area contributed by atoms with Gasteiger partial charge in [0.05, 0.1) is 6.61 Å². The fourth-order valence-electron chi connectivity index (χ4n) is 4.20. The number of imidazole rings is 1. The molecular weight excluding hydrogens is 508 g/mol. The number of thioether (sulfide) groups is 1. The van der Waals surface area contributed by atoms with Crippen LogP contribution in [0.5, 0.6) is 5.75 Å². The van der Waals surface area contributed by atoms with Crippen molar-refractivity contribution in [2.75, 3.05) is 6.61 Å². The van der Waals surface area contributed by atoms with Crippen LogP contribution in [0.3, 0.4) is 0 Å². The molecule has 37 heavy (non-hydrogen) atoms. The fraction of sp³-hybridized carbons (Fsp3) is 0.455. The summed E-state index contributed by atoms with van der Waals surface area (Å²) in [5.74, 6) is -1.48. The third kappa shape index (κ3) is 5.52. The zero-order chi connectivity index (χ0) is 27.7. The number of carbonyl (C=O) groups is 3. The second kappa shape index (κ2) is 10.7. The number of fused-ring (bicyclic) bond motifs is 1. The van der Waals surface area contributed by atoms with Crippen molar-refractivity contribution in [1.29, 1.82) is 0 Å². The monoisotopic (exact) mass is 536 g/mol. The van der Waals surface area contributed by atoms with Crippen molar-refractivity contribution in [3.05, 3.63) is 52.0 Å². The van der Waals surface area contributed by atoms with Crippen molar-refractivity contribution in [3.63, 3.8) is 0 Å². The van der Waals surface area contributed by atoms with Gasteiger partial charge < -0.3 is 41.4 Å². The SMILES string of the molecule is CC1(C)S[C@@H]2[C@H](NC(=O)[C@H](N)c3ccc(O)cc3)C(=O)N2[C@H]1C(=O)O.Cc1ncc([N+](=O)[O-])n1CCO. The van der Waals surface area contributed by atoms with Gasteiger partial charge in [0.1, 0.15) is 42.0 Å². The molecule has 0 unspecified atom stereocenters. The van der Waals surface area contributed by atoms with Crippen LogP contribution in [0.1, 0.15) is 31.3 Å². The molecule has 0 aliphatic carbocycles. The van der Waals surface area contributed by atoms with E-state index in [0.717, 1.165) is 0 Å². The molecule has 2 aliphatic heterocycles. The summed E-state index contributed by atoms with van der Waals surface area (Å²) >= 11 is 1.35. The van der Waals surface area contributed by atoms with Crippen LogP contribution in [0.2, 0.25) is 0 Å². The minimum Gasteiger partial charge on any atom is -0.508 e. The Morgan fingerprint density at radius 3 is 2.49 bits per heavy atom. The number of amides is 2. The van der Waals surface area contributed by atoms with Crippen LogP contribution in [-0.4, -0.2) is 81.3 Å². The average molecular weight is 537 g/mol. The van der Waals surface area contributed by atoms with Crippen LogP contribution < -0.4 is 11.1 Å². The Labute approximate surface area is 215 Å². The number of phenolic OH excluding ortho intramolecular Hbond substituents is 1. The third-order valence-electron chi connectivity index (χ3n) is 6.05. The molecule has 0 radical (unpaired) electrons. The van der Waals surface area contributed by atoms with Crippen LogP contribution in [0.15, 0.2) is 30.5 Å². The van der Waals surface area contributed by atoms with E-state index in [1.54, 1.807) is 20.8 Å². The van der Waals surface area contributed by atoms with Crippen LogP contribution >= 0.6 is 11.8 Å². The van der Waals surface area contributed by atoms with E-state index in [2.05, 4.69) is 10.3 Å². The molecule has 4 atom stereocenters. The van der Waals surface area contributed by atoms with Gasteiger partial charge in [-0.1, -0.05) is 12.1 Å². The number of hydrogen-bond donors (Lipinski definition) is 5.